The zero-order valence-electron chi connectivity index (χ0n) is 8.76. The Bertz CT molecular complexity index is 386. The van der Waals surface area contributed by atoms with Gasteiger partial charge in [0.05, 0.1) is 23.7 Å². The van der Waals surface area contributed by atoms with Crippen molar-refractivity contribution in [2.24, 2.45) is 0 Å². The maximum atomic E-state index is 10.6. The first-order chi connectivity index (χ1) is 7.58. The molecule has 0 spiro atoms. The van der Waals surface area contributed by atoms with Crippen LogP contribution >= 0.6 is 11.6 Å². The van der Waals surface area contributed by atoms with Gasteiger partial charge in [-0.1, -0.05) is 11.6 Å². The third kappa shape index (κ3) is 3.04. The molecule has 0 aliphatic rings. The van der Waals surface area contributed by atoms with E-state index >= 15 is 0 Å². The van der Waals surface area contributed by atoms with E-state index in [2.05, 4.69) is 4.98 Å². The molecule has 1 rings (SSSR count). The summed E-state index contributed by atoms with van der Waals surface area (Å²) in [5.74, 6) is 0.399. The lowest BCUT2D eigenvalue weighted by Crippen LogP contribution is -2.27. The topological polar surface area (TPSA) is 79.5 Å². The summed E-state index contributed by atoms with van der Waals surface area (Å²) in [7, 11) is 0. The smallest absolute Gasteiger partial charge is 0.276 e. The first-order valence-corrected chi connectivity index (χ1v) is 5.14. The molecule has 0 radical (unpaired) electrons. The summed E-state index contributed by atoms with van der Waals surface area (Å²) in [6.45, 7) is 2.77. The Kier molecular flexibility index (Phi) is 4.45. The lowest BCUT2D eigenvalue weighted by molar-refractivity contribution is -0.384. The Labute approximate surface area is 97.6 Å². The van der Waals surface area contributed by atoms with Crippen molar-refractivity contribution >= 4 is 23.1 Å². The molecule has 1 N–H and O–H groups in total. The first kappa shape index (κ1) is 12.7. The number of nitro groups is 1. The molecular formula is C9H12ClN3O3. The fourth-order valence-electron chi connectivity index (χ4n) is 1.29. The minimum absolute atomic E-state index is 0.0458. The summed E-state index contributed by atoms with van der Waals surface area (Å²) in [4.78, 5) is 15.8. The second-order valence-corrected chi connectivity index (χ2v) is 3.45. The lowest BCUT2D eigenvalue weighted by atomic mass is 10.3. The van der Waals surface area contributed by atoms with E-state index < -0.39 is 4.92 Å². The molecule has 0 fully saturated rings. The highest BCUT2D eigenvalue weighted by Gasteiger charge is 2.13. The van der Waals surface area contributed by atoms with Crippen LogP contribution in [-0.2, 0) is 0 Å². The normalized spacial score (nSPS) is 10.2. The van der Waals surface area contributed by atoms with Crippen molar-refractivity contribution in [1.82, 2.24) is 4.98 Å². The van der Waals surface area contributed by atoms with E-state index in [9.17, 15) is 10.1 Å². The van der Waals surface area contributed by atoms with Crippen LogP contribution in [0.5, 0.6) is 0 Å². The summed E-state index contributed by atoms with van der Waals surface area (Å²) in [6, 6.07) is 2.53. The highest BCUT2D eigenvalue weighted by Crippen LogP contribution is 2.22. The highest BCUT2D eigenvalue weighted by molar-refractivity contribution is 6.29. The quantitative estimate of drug-likeness (QED) is 0.483. The molecular weight excluding hydrogens is 234 g/mol. The number of aliphatic hydroxyl groups excluding tert-OH is 1. The van der Waals surface area contributed by atoms with Crippen molar-refractivity contribution in [1.29, 1.82) is 0 Å². The summed E-state index contributed by atoms with van der Waals surface area (Å²) in [6.07, 6.45) is 0. The van der Waals surface area contributed by atoms with Crippen LogP contribution in [0.2, 0.25) is 5.15 Å². The van der Waals surface area contributed by atoms with Crippen molar-refractivity contribution in [3.05, 3.63) is 27.4 Å². The molecule has 0 unspecified atom stereocenters. The summed E-state index contributed by atoms with van der Waals surface area (Å²) < 4.78 is 0. The second kappa shape index (κ2) is 5.62. The number of aliphatic hydroxyl groups is 1. The van der Waals surface area contributed by atoms with Gasteiger partial charge in [-0.3, -0.25) is 10.1 Å². The monoisotopic (exact) mass is 245 g/mol. The number of hydrogen-bond donors (Lipinski definition) is 1. The van der Waals surface area contributed by atoms with E-state index in [1.165, 1.54) is 12.1 Å². The maximum absolute atomic E-state index is 10.6. The number of pyridine rings is 1. The maximum Gasteiger partial charge on any atom is 0.276 e. The van der Waals surface area contributed by atoms with Crippen LogP contribution in [0.15, 0.2) is 12.1 Å². The third-order valence-electron chi connectivity index (χ3n) is 2.05. The molecule has 0 bridgehead atoms. The predicted octanol–water partition coefficient (Wildman–Crippen LogP) is 1.46. The molecule has 1 aromatic rings. The third-order valence-corrected chi connectivity index (χ3v) is 2.25. The van der Waals surface area contributed by atoms with Crippen molar-refractivity contribution in [2.75, 3.05) is 24.6 Å². The van der Waals surface area contributed by atoms with Crippen LogP contribution in [0, 0.1) is 10.1 Å². The van der Waals surface area contributed by atoms with Gasteiger partial charge < -0.3 is 10.0 Å². The van der Waals surface area contributed by atoms with Crippen molar-refractivity contribution in [2.45, 2.75) is 6.92 Å². The molecule has 0 aliphatic carbocycles. The van der Waals surface area contributed by atoms with E-state index in [0.29, 0.717) is 18.9 Å². The number of likely N-dealkylation sites (N-methyl/N-ethyl adjacent to an activating group) is 1. The summed E-state index contributed by atoms with van der Waals surface area (Å²) >= 11 is 5.69. The molecule has 0 saturated carbocycles. The van der Waals surface area contributed by atoms with Gasteiger partial charge in [-0.25, -0.2) is 4.98 Å². The number of nitrogens with zero attached hydrogens (tertiary/aromatic N) is 3. The van der Waals surface area contributed by atoms with E-state index in [1.807, 2.05) is 6.92 Å². The molecule has 0 amide bonds. The van der Waals surface area contributed by atoms with Gasteiger partial charge in [0.25, 0.3) is 5.69 Å². The van der Waals surface area contributed by atoms with Gasteiger partial charge in [-0.2, -0.15) is 0 Å². The van der Waals surface area contributed by atoms with E-state index in [4.69, 9.17) is 16.7 Å². The molecule has 1 heterocycles. The molecule has 16 heavy (non-hydrogen) atoms. The van der Waals surface area contributed by atoms with Gasteiger partial charge >= 0.3 is 0 Å². The average molecular weight is 246 g/mol. The van der Waals surface area contributed by atoms with E-state index in [-0.39, 0.29) is 17.4 Å². The first-order valence-electron chi connectivity index (χ1n) is 4.76. The highest BCUT2D eigenvalue weighted by atomic mass is 35.5. The second-order valence-electron chi connectivity index (χ2n) is 3.07. The van der Waals surface area contributed by atoms with Gasteiger partial charge in [0, 0.05) is 13.1 Å². The SMILES string of the molecule is CCN(CCO)c1cc([N+](=O)[O-])cc(Cl)n1. The van der Waals surface area contributed by atoms with Crippen LogP contribution in [0.1, 0.15) is 6.92 Å². The minimum atomic E-state index is -0.524. The van der Waals surface area contributed by atoms with E-state index in [1.54, 1.807) is 4.90 Å². The molecule has 0 aromatic carbocycles. The molecule has 0 saturated heterocycles. The molecule has 0 atom stereocenters. The van der Waals surface area contributed by atoms with Gasteiger partial charge in [-0.05, 0) is 6.92 Å². The number of halogens is 1. The standard InChI is InChI=1S/C9H12ClN3O3/c1-2-12(3-4-14)9-6-7(13(15)16)5-8(10)11-9/h5-6,14H,2-4H2,1H3. The van der Waals surface area contributed by atoms with Crippen LogP contribution in [0.25, 0.3) is 0 Å². The Morgan fingerprint density at radius 2 is 2.31 bits per heavy atom. The average Bonchev–Trinajstić information content (AvgIpc) is 2.24. The van der Waals surface area contributed by atoms with Crippen molar-refractivity contribution in [3.63, 3.8) is 0 Å². The Hall–Kier alpha value is -1.40. The van der Waals surface area contributed by atoms with Crippen molar-refractivity contribution in [3.8, 4) is 0 Å². The zero-order valence-corrected chi connectivity index (χ0v) is 9.52. The van der Waals surface area contributed by atoms with Crippen LogP contribution in [-0.4, -0.2) is 34.7 Å². The Morgan fingerprint density at radius 1 is 1.62 bits per heavy atom. The van der Waals surface area contributed by atoms with Crippen molar-refractivity contribution < 1.29 is 10.0 Å². The minimum Gasteiger partial charge on any atom is -0.395 e. The number of rotatable bonds is 5. The van der Waals surface area contributed by atoms with Gasteiger partial charge in [0.2, 0.25) is 0 Å². The van der Waals surface area contributed by atoms with E-state index in [0.717, 1.165) is 0 Å². The van der Waals surface area contributed by atoms with Crippen LogP contribution < -0.4 is 4.90 Å². The molecule has 7 heteroatoms. The number of anilines is 1. The largest absolute Gasteiger partial charge is 0.395 e. The fraction of sp³-hybridized carbons (Fsp3) is 0.444. The number of hydrogen-bond acceptors (Lipinski definition) is 5. The lowest BCUT2D eigenvalue weighted by Gasteiger charge is -2.20. The van der Waals surface area contributed by atoms with Crippen LogP contribution in [0.3, 0.4) is 0 Å². The summed E-state index contributed by atoms with van der Waals surface area (Å²) in [5.41, 5.74) is -0.105. The fourth-order valence-corrected chi connectivity index (χ4v) is 1.49. The molecule has 0 aliphatic heterocycles. The van der Waals surface area contributed by atoms with Crippen LogP contribution in [0.4, 0.5) is 11.5 Å². The zero-order chi connectivity index (χ0) is 12.1. The Morgan fingerprint density at radius 3 is 2.81 bits per heavy atom. The molecule has 1 aromatic heterocycles. The van der Waals surface area contributed by atoms with Gasteiger partial charge in [-0.15, -0.1) is 0 Å². The Balaban J connectivity index is 3.07. The van der Waals surface area contributed by atoms with Gasteiger partial charge in [0.15, 0.2) is 0 Å². The molecule has 88 valence electrons. The van der Waals surface area contributed by atoms with Gasteiger partial charge in [0.1, 0.15) is 11.0 Å². The number of aromatic nitrogens is 1. The molecule has 6 nitrogen and oxygen atoms in total. The predicted molar refractivity (Wildman–Crippen MR) is 60.9 cm³/mol. The summed E-state index contributed by atoms with van der Waals surface area (Å²) in [5, 5.41) is 19.5.